The number of hydrogen-bond acceptors (Lipinski definition) is 5. The molecule has 2 heterocycles. The third kappa shape index (κ3) is 3.81. The maximum Gasteiger partial charge on any atom is 0.222 e. The molecule has 116 valence electrons. The van der Waals surface area contributed by atoms with Crippen LogP contribution in [0.3, 0.4) is 0 Å². The molecule has 1 amide bonds. The van der Waals surface area contributed by atoms with E-state index in [9.17, 15) is 4.79 Å². The minimum Gasteiger partial charge on any atom is -0.340 e. The van der Waals surface area contributed by atoms with E-state index in [1.54, 1.807) is 11.3 Å². The Balaban J connectivity index is 1.43. The summed E-state index contributed by atoms with van der Waals surface area (Å²) < 4.78 is 0. The van der Waals surface area contributed by atoms with Crippen molar-refractivity contribution in [2.24, 2.45) is 11.7 Å². The van der Waals surface area contributed by atoms with Gasteiger partial charge in [-0.05, 0) is 18.8 Å². The summed E-state index contributed by atoms with van der Waals surface area (Å²) in [4.78, 5) is 21.1. The second-order valence-electron chi connectivity index (χ2n) is 6.20. The van der Waals surface area contributed by atoms with Gasteiger partial charge in [0.1, 0.15) is 0 Å². The van der Waals surface area contributed by atoms with E-state index in [2.05, 4.69) is 15.3 Å². The molecule has 5 nitrogen and oxygen atoms in total. The molecule has 1 aliphatic heterocycles. The Kier molecular flexibility index (Phi) is 4.87. The predicted octanol–water partition coefficient (Wildman–Crippen LogP) is 1.30. The molecule has 2 fully saturated rings. The molecule has 0 unspecified atom stereocenters. The van der Waals surface area contributed by atoms with Crippen LogP contribution in [0.1, 0.15) is 31.4 Å². The van der Waals surface area contributed by atoms with Gasteiger partial charge in [0.25, 0.3) is 0 Å². The van der Waals surface area contributed by atoms with Gasteiger partial charge in [-0.15, -0.1) is 11.3 Å². The van der Waals surface area contributed by atoms with Crippen LogP contribution in [0.2, 0.25) is 0 Å². The lowest BCUT2D eigenvalue weighted by Crippen LogP contribution is -2.49. The lowest BCUT2D eigenvalue weighted by Gasteiger charge is -2.35. The summed E-state index contributed by atoms with van der Waals surface area (Å²) in [6, 6.07) is 0.236. The highest BCUT2D eigenvalue weighted by Gasteiger charge is 2.29. The maximum absolute atomic E-state index is 12.4. The van der Waals surface area contributed by atoms with Gasteiger partial charge in [0.05, 0.1) is 11.2 Å². The van der Waals surface area contributed by atoms with Crippen molar-refractivity contribution in [2.45, 2.75) is 38.3 Å². The fraction of sp³-hybridized carbons (Fsp3) is 0.733. The van der Waals surface area contributed by atoms with E-state index in [0.717, 1.165) is 51.3 Å². The van der Waals surface area contributed by atoms with Gasteiger partial charge in [0.15, 0.2) is 0 Å². The molecule has 1 aromatic rings. The normalized spacial score (nSPS) is 27.2. The van der Waals surface area contributed by atoms with Crippen LogP contribution in [-0.4, -0.2) is 52.9 Å². The van der Waals surface area contributed by atoms with Crippen LogP contribution in [-0.2, 0) is 11.3 Å². The summed E-state index contributed by atoms with van der Waals surface area (Å²) >= 11 is 1.64. The van der Waals surface area contributed by atoms with Crippen molar-refractivity contribution in [1.82, 2.24) is 14.8 Å². The average Bonchev–Trinajstić information content (AvgIpc) is 3.12. The van der Waals surface area contributed by atoms with Gasteiger partial charge in [0, 0.05) is 50.6 Å². The lowest BCUT2D eigenvalue weighted by molar-refractivity contribution is -0.134. The molecule has 0 spiro atoms. The molecule has 21 heavy (non-hydrogen) atoms. The fourth-order valence-corrected chi connectivity index (χ4v) is 3.92. The predicted molar refractivity (Wildman–Crippen MR) is 83.9 cm³/mol. The average molecular weight is 308 g/mol. The van der Waals surface area contributed by atoms with Crippen molar-refractivity contribution in [3.8, 4) is 0 Å². The summed E-state index contributed by atoms with van der Waals surface area (Å²) in [5.41, 5.74) is 9.08. The molecule has 1 saturated heterocycles. The van der Waals surface area contributed by atoms with Gasteiger partial charge in [-0.3, -0.25) is 9.69 Å². The minimum absolute atomic E-state index is 0.236. The van der Waals surface area contributed by atoms with Crippen molar-refractivity contribution in [3.05, 3.63) is 16.6 Å². The van der Waals surface area contributed by atoms with Crippen LogP contribution in [0, 0.1) is 5.92 Å². The molecule has 1 saturated carbocycles. The Morgan fingerprint density at radius 1 is 1.33 bits per heavy atom. The second-order valence-corrected chi connectivity index (χ2v) is 6.91. The lowest BCUT2D eigenvalue weighted by atomic mass is 9.99. The number of amides is 1. The van der Waals surface area contributed by atoms with E-state index in [4.69, 9.17) is 5.73 Å². The summed E-state index contributed by atoms with van der Waals surface area (Å²) in [7, 11) is 0. The van der Waals surface area contributed by atoms with Crippen LogP contribution in [0.25, 0.3) is 0 Å². The van der Waals surface area contributed by atoms with Crippen LogP contribution in [0.15, 0.2) is 10.9 Å². The maximum atomic E-state index is 12.4. The van der Waals surface area contributed by atoms with Crippen LogP contribution >= 0.6 is 11.3 Å². The van der Waals surface area contributed by atoms with Crippen molar-refractivity contribution >= 4 is 17.2 Å². The first-order valence-electron chi connectivity index (χ1n) is 7.85. The first-order valence-corrected chi connectivity index (χ1v) is 8.79. The molecular weight excluding hydrogens is 284 g/mol. The molecular formula is C15H24N4OS. The Morgan fingerprint density at radius 2 is 2.14 bits per heavy atom. The Morgan fingerprint density at radius 3 is 2.76 bits per heavy atom. The number of nitrogens with two attached hydrogens (primary N) is 1. The monoisotopic (exact) mass is 308 g/mol. The van der Waals surface area contributed by atoms with Crippen molar-refractivity contribution in [2.75, 3.05) is 26.2 Å². The molecule has 1 aliphatic carbocycles. The van der Waals surface area contributed by atoms with Crippen LogP contribution in [0.5, 0.6) is 0 Å². The van der Waals surface area contributed by atoms with Crippen LogP contribution < -0.4 is 5.73 Å². The van der Waals surface area contributed by atoms with Gasteiger partial charge in [-0.1, -0.05) is 6.42 Å². The van der Waals surface area contributed by atoms with Crippen molar-refractivity contribution in [1.29, 1.82) is 0 Å². The molecule has 3 rings (SSSR count). The number of carbonyl (C=O) groups is 1. The molecule has 0 bridgehead atoms. The van der Waals surface area contributed by atoms with E-state index in [1.807, 2.05) is 10.4 Å². The molecule has 0 radical (unpaired) electrons. The van der Waals surface area contributed by atoms with Gasteiger partial charge in [-0.2, -0.15) is 0 Å². The Labute approximate surface area is 130 Å². The Bertz CT molecular complexity index is 456. The van der Waals surface area contributed by atoms with Gasteiger partial charge in [-0.25, -0.2) is 4.98 Å². The smallest absolute Gasteiger partial charge is 0.222 e. The van der Waals surface area contributed by atoms with Gasteiger partial charge < -0.3 is 10.6 Å². The van der Waals surface area contributed by atoms with Gasteiger partial charge >= 0.3 is 0 Å². The van der Waals surface area contributed by atoms with Crippen LogP contribution in [0.4, 0.5) is 0 Å². The summed E-state index contributed by atoms with van der Waals surface area (Å²) in [5, 5.41) is 2.10. The molecule has 2 atom stereocenters. The number of piperazine rings is 1. The zero-order valence-electron chi connectivity index (χ0n) is 12.4. The quantitative estimate of drug-likeness (QED) is 0.911. The van der Waals surface area contributed by atoms with Crippen molar-refractivity contribution in [3.63, 3.8) is 0 Å². The van der Waals surface area contributed by atoms with E-state index in [-0.39, 0.29) is 6.04 Å². The van der Waals surface area contributed by atoms with E-state index >= 15 is 0 Å². The van der Waals surface area contributed by atoms with E-state index in [0.29, 0.717) is 18.2 Å². The Hall–Kier alpha value is -0.980. The summed E-state index contributed by atoms with van der Waals surface area (Å²) in [5.74, 6) is 0.705. The number of thiazole rings is 1. The second kappa shape index (κ2) is 6.85. The fourth-order valence-electron chi connectivity index (χ4n) is 3.37. The SMILES string of the molecule is N[C@@H]1CCC[C@H]1CC(=O)N1CCN(Cc2cscn2)CC1. The largest absolute Gasteiger partial charge is 0.340 e. The molecule has 2 aliphatic rings. The molecule has 6 heteroatoms. The third-order valence-electron chi connectivity index (χ3n) is 4.75. The summed E-state index contributed by atoms with van der Waals surface area (Å²) in [6.07, 6.45) is 4.03. The van der Waals surface area contributed by atoms with Crippen molar-refractivity contribution < 1.29 is 4.79 Å². The number of hydrogen-bond donors (Lipinski definition) is 1. The van der Waals surface area contributed by atoms with E-state index in [1.165, 1.54) is 6.42 Å². The zero-order valence-corrected chi connectivity index (χ0v) is 13.2. The number of rotatable bonds is 4. The highest BCUT2D eigenvalue weighted by atomic mass is 32.1. The highest BCUT2D eigenvalue weighted by molar-refractivity contribution is 7.07. The molecule has 1 aromatic heterocycles. The summed E-state index contributed by atoms with van der Waals surface area (Å²) in [6.45, 7) is 4.47. The molecule has 2 N–H and O–H groups in total. The first-order chi connectivity index (χ1) is 10.2. The topological polar surface area (TPSA) is 62.5 Å². The first kappa shape index (κ1) is 14.9. The highest BCUT2D eigenvalue weighted by Crippen LogP contribution is 2.27. The third-order valence-corrected chi connectivity index (χ3v) is 5.38. The number of nitrogens with zero attached hydrogens (tertiary/aromatic N) is 3. The van der Waals surface area contributed by atoms with E-state index < -0.39 is 0 Å². The van der Waals surface area contributed by atoms with Gasteiger partial charge in [0.2, 0.25) is 5.91 Å². The number of aromatic nitrogens is 1. The number of carbonyl (C=O) groups excluding carboxylic acids is 1. The zero-order chi connectivity index (χ0) is 14.7. The molecule has 0 aromatic carbocycles. The minimum atomic E-state index is 0.236. The standard InChI is InChI=1S/C15H24N4OS/c16-14-3-1-2-12(14)8-15(20)19-6-4-18(5-7-19)9-13-10-21-11-17-13/h10-12,14H,1-9,16H2/t12-,14+/m0/s1.